The summed E-state index contributed by atoms with van der Waals surface area (Å²) in [5.74, 6) is -5.98. The van der Waals surface area contributed by atoms with Crippen molar-refractivity contribution < 1.29 is 34.2 Å². The minimum atomic E-state index is -1.76. The summed E-state index contributed by atoms with van der Waals surface area (Å²) < 4.78 is 0. The molecule has 1 aromatic heterocycles. The van der Waals surface area contributed by atoms with Crippen LogP contribution in [0.5, 0.6) is 0 Å². The lowest BCUT2D eigenvalue weighted by atomic mass is 10.1. The van der Waals surface area contributed by atoms with Gasteiger partial charge in [-0.15, -0.1) is 0 Å². The van der Waals surface area contributed by atoms with Crippen molar-refractivity contribution in [3.63, 3.8) is 0 Å². The fourth-order valence-corrected chi connectivity index (χ4v) is 3.09. The van der Waals surface area contributed by atoms with Gasteiger partial charge in [0.25, 0.3) is 11.8 Å². The lowest BCUT2D eigenvalue weighted by Crippen LogP contribution is -2.68. The van der Waals surface area contributed by atoms with Crippen LogP contribution in [0, 0.1) is 0 Å². The van der Waals surface area contributed by atoms with Crippen LogP contribution in [0.15, 0.2) is 30.5 Å². The first-order valence-electron chi connectivity index (χ1n) is 10.3. The lowest BCUT2D eigenvalue weighted by molar-refractivity contribution is -0.140. The summed E-state index contributed by atoms with van der Waals surface area (Å²) in [6.07, 6.45) is 0.766. The summed E-state index contributed by atoms with van der Waals surface area (Å²) in [6, 6.07) is 4.76. The van der Waals surface area contributed by atoms with Crippen molar-refractivity contribution in [2.24, 2.45) is 5.73 Å². The number of amides is 2. The number of fused-ring (bicyclic) bond motifs is 1. The van der Waals surface area contributed by atoms with Gasteiger partial charge in [0.2, 0.25) is 5.79 Å². The zero-order valence-electron chi connectivity index (χ0n) is 18.5. The fraction of sp³-hybridized carbons (Fsp3) is 0.286. The van der Waals surface area contributed by atoms with E-state index in [0.717, 1.165) is 0 Å². The number of carboxylic acid groups (broad SMARTS) is 2. The van der Waals surface area contributed by atoms with Gasteiger partial charge in [0.15, 0.2) is 17.3 Å². The third kappa shape index (κ3) is 6.05. The number of carbonyl (C=O) groups excluding carboxylic acids is 3. The molecule has 0 aliphatic carbocycles. The smallest absolute Gasteiger partial charge is 0.326 e. The maximum absolute atomic E-state index is 12.3. The normalized spacial score (nSPS) is 17.3. The zero-order valence-corrected chi connectivity index (χ0v) is 18.5. The quantitative estimate of drug-likeness (QED) is 0.226. The van der Waals surface area contributed by atoms with E-state index in [-0.39, 0.29) is 30.0 Å². The number of benzene rings is 1. The lowest BCUT2D eigenvalue weighted by Gasteiger charge is -2.33. The Bertz CT molecular complexity index is 1190. The van der Waals surface area contributed by atoms with Gasteiger partial charge in [-0.3, -0.25) is 24.9 Å². The van der Waals surface area contributed by atoms with E-state index in [1.807, 2.05) is 0 Å². The van der Waals surface area contributed by atoms with Crippen LogP contribution < -0.4 is 27.0 Å². The van der Waals surface area contributed by atoms with Crippen LogP contribution in [0.1, 0.15) is 46.3 Å². The topological polar surface area (TPSA) is 226 Å². The highest BCUT2D eigenvalue weighted by Crippen LogP contribution is 2.20. The number of nitrogens with zero attached hydrogens (tertiary/aromatic N) is 2. The summed E-state index contributed by atoms with van der Waals surface area (Å²) in [6.45, 7) is 1.40. The van der Waals surface area contributed by atoms with Crippen LogP contribution in [0.25, 0.3) is 0 Å². The first-order valence-corrected chi connectivity index (χ1v) is 10.3. The number of nitrogens with one attached hydrogen (secondary N) is 4. The standard InChI is InChI=1S/C21H23N7O7/c1-10(29)21(22)27-17-16(19(33)28-21)25-13(9-24-17)8-23-12-4-2-11(3-5-12)18(32)26-14(20(34)35)6-7-15(30)31/h2-5,9,14,23H,6-8,22H2,1H3,(H,24,27)(H,26,32)(H,28,33)(H,30,31)(H,34,35)/t14-,21?/m0/s1. The molecule has 184 valence electrons. The zero-order chi connectivity index (χ0) is 25.8. The predicted octanol–water partition coefficient (Wildman–Crippen LogP) is -0.507. The highest BCUT2D eigenvalue weighted by Gasteiger charge is 2.39. The first kappa shape index (κ1) is 25.0. The molecule has 1 aliphatic heterocycles. The summed E-state index contributed by atoms with van der Waals surface area (Å²) in [4.78, 5) is 66.6. The number of aromatic nitrogens is 2. The van der Waals surface area contributed by atoms with Crippen molar-refractivity contribution in [3.05, 3.63) is 47.4 Å². The molecule has 14 nitrogen and oxygen atoms in total. The van der Waals surface area contributed by atoms with Gasteiger partial charge < -0.3 is 31.5 Å². The number of aliphatic carboxylic acids is 2. The molecule has 2 amide bonds. The van der Waals surface area contributed by atoms with E-state index in [1.165, 1.54) is 25.3 Å². The molecule has 0 saturated carbocycles. The number of nitrogens with two attached hydrogens (primary N) is 1. The van der Waals surface area contributed by atoms with Gasteiger partial charge in [-0.2, -0.15) is 0 Å². The van der Waals surface area contributed by atoms with Crippen LogP contribution in [0.3, 0.4) is 0 Å². The molecule has 0 fully saturated rings. The summed E-state index contributed by atoms with van der Waals surface area (Å²) in [7, 11) is 0. The Hall–Kier alpha value is -4.59. The number of rotatable bonds is 10. The molecule has 35 heavy (non-hydrogen) atoms. The Morgan fingerprint density at radius 1 is 1.14 bits per heavy atom. The molecule has 2 aromatic rings. The van der Waals surface area contributed by atoms with Crippen LogP contribution in [-0.2, 0) is 20.9 Å². The van der Waals surface area contributed by atoms with Gasteiger partial charge in [0.05, 0.1) is 18.4 Å². The molecule has 14 heteroatoms. The van der Waals surface area contributed by atoms with Gasteiger partial charge in [0.1, 0.15) is 6.04 Å². The molecule has 0 bridgehead atoms. The number of carbonyl (C=O) groups is 5. The molecular formula is C21H23N7O7. The maximum Gasteiger partial charge on any atom is 0.326 e. The molecule has 0 spiro atoms. The number of hydrogen-bond donors (Lipinski definition) is 7. The van der Waals surface area contributed by atoms with Crippen LogP contribution in [0.4, 0.5) is 11.5 Å². The highest BCUT2D eigenvalue weighted by molar-refractivity contribution is 6.04. The SMILES string of the molecule is CC(=O)C1(N)NC(=O)c2nc(CNc3ccc(C(=O)N[C@@H](CCC(=O)O)C(=O)O)cc3)cnc2N1. The van der Waals surface area contributed by atoms with Crippen molar-refractivity contribution in [1.82, 2.24) is 20.6 Å². The average molecular weight is 485 g/mol. The molecule has 3 rings (SSSR count). The van der Waals surface area contributed by atoms with Gasteiger partial charge in [-0.25, -0.2) is 14.8 Å². The molecule has 2 heterocycles. The highest BCUT2D eigenvalue weighted by atomic mass is 16.4. The van der Waals surface area contributed by atoms with E-state index in [2.05, 4.69) is 31.2 Å². The molecular weight excluding hydrogens is 462 g/mol. The second kappa shape index (κ2) is 10.1. The van der Waals surface area contributed by atoms with Crippen LogP contribution in [-0.4, -0.2) is 61.5 Å². The van der Waals surface area contributed by atoms with Gasteiger partial charge >= 0.3 is 11.9 Å². The number of carboxylic acids is 2. The second-order valence-corrected chi connectivity index (χ2v) is 7.73. The monoisotopic (exact) mass is 485 g/mol. The van der Waals surface area contributed by atoms with E-state index >= 15 is 0 Å². The van der Waals surface area contributed by atoms with Gasteiger partial charge in [-0.05, 0) is 30.7 Å². The van der Waals surface area contributed by atoms with E-state index in [0.29, 0.717) is 11.4 Å². The molecule has 8 N–H and O–H groups in total. The van der Waals surface area contributed by atoms with E-state index in [9.17, 15) is 24.0 Å². The maximum atomic E-state index is 12.3. The largest absolute Gasteiger partial charge is 0.481 e. The first-order chi connectivity index (χ1) is 16.5. The van der Waals surface area contributed by atoms with Crippen LogP contribution >= 0.6 is 0 Å². The molecule has 1 unspecified atom stereocenters. The summed E-state index contributed by atoms with van der Waals surface area (Å²) in [5.41, 5.74) is 7.01. The Morgan fingerprint density at radius 3 is 2.43 bits per heavy atom. The van der Waals surface area contributed by atoms with E-state index < -0.39 is 47.8 Å². The Balaban J connectivity index is 1.61. The third-order valence-electron chi connectivity index (χ3n) is 5.09. The number of hydrogen-bond acceptors (Lipinski definition) is 10. The van der Waals surface area contributed by atoms with Crippen molar-refractivity contribution >= 4 is 41.0 Å². The minimum Gasteiger partial charge on any atom is -0.481 e. The van der Waals surface area contributed by atoms with E-state index in [4.69, 9.17) is 15.9 Å². The number of anilines is 2. The Kier molecular flexibility index (Phi) is 7.25. The molecule has 0 saturated heterocycles. The van der Waals surface area contributed by atoms with Crippen molar-refractivity contribution in [1.29, 1.82) is 0 Å². The van der Waals surface area contributed by atoms with E-state index in [1.54, 1.807) is 12.1 Å². The van der Waals surface area contributed by atoms with Crippen molar-refractivity contribution in [2.45, 2.75) is 38.1 Å². The number of ketones is 1. The molecule has 1 aromatic carbocycles. The van der Waals surface area contributed by atoms with Crippen molar-refractivity contribution in [3.8, 4) is 0 Å². The van der Waals surface area contributed by atoms with Crippen LogP contribution in [0.2, 0.25) is 0 Å². The van der Waals surface area contributed by atoms with Gasteiger partial charge in [-0.1, -0.05) is 0 Å². The number of Topliss-reactive ketones (excluding diaryl/α,β-unsaturated/α-hetero) is 1. The second-order valence-electron chi connectivity index (χ2n) is 7.73. The predicted molar refractivity (Wildman–Crippen MR) is 120 cm³/mol. The van der Waals surface area contributed by atoms with Crippen molar-refractivity contribution in [2.75, 3.05) is 10.6 Å². The van der Waals surface area contributed by atoms with Gasteiger partial charge in [0, 0.05) is 24.6 Å². The fourth-order valence-electron chi connectivity index (χ4n) is 3.09. The molecule has 1 aliphatic rings. The Morgan fingerprint density at radius 2 is 1.83 bits per heavy atom. The molecule has 0 radical (unpaired) electrons. The summed E-state index contributed by atoms with van der Waals surface area (Å²) in [5, 5.41) is 28.2. The summed E-state index contributed by atoms with van der Waals surface area (Å²) >= 11 is 0. The third-order valence-corrected chi connectivity index (χ3v) is 5.09. The molecule has 2 atom stereocenters. The Labute approximate surface area is 198 Å². The minimum absolute atomic E-state index is 0.0190. The average Bonchev–Trinajstić information content (AvgIpc) is 2.80.